The molecule has 0 aliphatic rings. The van der Waals surface area contributed by atoms with Crippen LogP contribution in [0.5, 0.6) is 5.75 Å². The highest BCUT2D eigenvalue weighted by Crippen LogP contribution is 2.32. The zero-order chi connectivity index (χ0) is 14.3. The second kappa shape index (κ2) is 4.61. The molecular weight excluding hydrogens is 278 g/mol. The largest absolute Gasteiger partial charge is 0.496 e. The summed E-state index contributed by atoms with van der Waals surface area (Å²) in [6.45, 7) is 0. The van der Waals surface area contributed by atoms with E-state index in [4.69, 9.17) is 21.4 Å². The number of rotatable bonds is 2. The van der Waals surface area contributed by atoms with E-state index >= 15 is 0 Å². The third kappa shape index (κ3) is 1.83. The molecule has 0 saturated heterocycles. The van der Waals surface area contributed by atoms with Gasteiger partial charge in [0.05, 0.1) is 29.8 Å². The lowest BCUT2D eigenvalue weighted by Gasteiger charge is -2.09. The number of oxazole rings is 1. The number of hydrogen-bond donors (Lipinski definition) is 1. The van der Waals surface area contributed by atoms with Gasteiger partial charge in [-0.25, -0.2) is 4.98 Å². The van der Waals surface area contributed by atoms with Crippen LogP contribution in [0.2, 0.25) is 0 Å². The molecule has 102 valence electrons. The topological polar surface area (TPSA) is 73.0 Å². The lowest BCUT2D eigenvalue weighted by Crippen LogP contribution is -2.18. The van der Waals surface area contributed by atoms with Crippen LogP contribution in [-0.4, -0.2) is 21.6 Å². The van der Waals surface area contributed by atoms with E-state index in [0.717, 1.165) is 0 Å². The molecule has 0 fully saturated rings. The van der Waals surface area contributed by atoms with E-state index in [-0.39, 0.29) is 5.56 Å². The second-order valence-corrected chi connectivity index (χ2v) is 4.64. The van der Waals surface area contributed by atoms with Crippen molar-refractivity contribution in [2.75, 3.05) is 7.11 Å². The Morgan fingerprint density at radius 2 is 2.25 bits per heavy atom. The number of benzene rings is 1. The third-order valence-corrected chi connectivity index (χ3v) is 3.49. The van der Waals surface area contributed by atoms with Gasteiger partial charge in [-0.05, 0) is 18.3 Å². The van der Waals surface area contributed by atoms with Crippen LogP contribution in [-0.2, 0) is 7.05 Å². The first-order valence-electron chi connectivity index (χ1n) is 5.81. The van der Waals surface area contributed by atoms with E-state index in [2.05, 4.69) is 9.97 Å². The molecule has 1 N–H and O–H groups in total. The molecule has 2 aromatic heterocycles. The Labute approximate surface area is 118 Å². The molecule has 0 bridgehead atoms. The van der Waals surface area contributed by atoms with Crippen molar-refractivity contribution in [1.29, 1.82) is 0 Å². The van der Waals surface area contributed by atoms with Gasteiger partial charge in [-0.15, -0.1) is 0 Å². The molecule has 0 aliphatic heterocycles. The summed E-state index contributed by atoms with van der Waals surface area (Å²) < 4.78 is 12.4. The molecule has 3 aromatic rings. The number of aromatic amines is 1. The standard InChI is InChI=1S/C13H11N3O3S/c1-16-12(17)7-3-8(11-5-14-6-19-11)10(18-2)4-9(7)15-13(16)20/h3-6H,1-2H3,(H,15,20). The highest BCUT2D eigenvalue weighted by molar-refractivity contribution is 7.71. The lowest BCUT2D eigenvalue weighted by atomic mass is 10.1. The highest BCUT2D eigenvalue weighted by atomic mass is 32.1. The fraction of sp³-hybridized carbons (Fsp3) is 0.154. The Morgan fingerprint density at radius 3 is 2.90 bits per heavy atom. The Hall–Kier alpha value is -2.41. The van der Waals surface area contributed by atoms with Gasteiger partial charge in [0.1, 0.15) is 5.75 Å². The third-order valence-electron chi connectivity index (χ3n) is 3.12. The van der Waals surface area contributed by atoms with E-state index in [0.29, 0.717) is 32.7 Å². The molecule has 1 aromatic carbocycles. The van der Waals surface area contributed by atoms with Crippen molar-refractivity contribution in [1.82, 2.24) is 14.5 Å². The van der Waals surface area contributed by atoms with Gasteiger partial charge in [0.2, 0.25) is 0 Å². The van der Waals surface area contributed by atoms with E-state index < -0.39 is 0 Å². The van der Waals surface area contributed by atoms with Gasteiger partial charge in [-0.1, -0.05) is 0 Å². The molecule has 0 spiro atoms. The number of nitrogens with one attached hydrogen (secondary N) is 1. The van der Waals surface area contributed by atoms with Crippen LogP contribution in [0.3, 0.4) is 0 Å². The molecule has 2 heterocycles. The summed E-state index contributed by atoms with van der Waals surface area (Å²) in [6, 6.07) is 3.44. The van der Waals surface area contributed by atoms with Crippen LogP contribution >= 0.6 is 12.2 Å². The van der Waals surface area contributed by atoms with Crippen molar-refractivity contribution in [2.24, 2.45) is 7.05 Å². The normalized spacial score (nSPS) is 10.9. The number of methoxy groups -OCH3 is 1. The molecule has 0 unspecified atom stereocenters. The average Bonchev–Trinajstić information content (AvgIpc) is 2.98. The van der Waals surface area contributed by atoms with Crippen LogP contribution < -0.4 is 10.3 Å². The summed E-state index contributed by atoms with van der Waals surface area (Å²) in [7, 11) is 3.18. The van der Waals surface area contributed by atoms with Crippen LogP contribution in [0, 0.1) is 4.77 Å². The van der Waals surface area contributed by atoms with E-state index in [9.17, 15) is 4.79 Å². The predicted octanol–water partition coefficient (Wildman–Crippen LogP) is 2.26. The van der Waals surface area contributed by atoms with E-state index in [1.165, 1.54) is 11.0 Å². The number of fused-ring (bicyclic) bond motifs is 1. The second-order valence-electron chi connectivity index (χ2n) is 4.26. The van der Waals surface area contributed by atoms with Crippen LogP contribution in [0.25, 0.3) is 22.2 Å². The van der Waals surface area contributed by atoms with Gasteiger partial charge in [0, 0.05) is 13.1 Å². The Bertz CT molecular complexity index is 894. The summed E-state index contributed by atoms with van der Waals surface area (Å²) in [5, 5.41) is 0.508. The number of aromatic nitrogens is 3. The SMILES string of the molecule is COc1cc2[nH]c(=S)n(C)c(=O)c2cc1-c1cnco1. The maximum absolute atomic E-state index is 12.3. The summed E-state index contributed by atoms with van der Waals surface area (Å²) in [4.78, 5) is 19.1. The molecule has 0 aliphatic carbocycles. The van der Waals surface area contributed by atoms with Crippen LogP contribution in [0.15, 0.2) is 33.9 Å². The zero-order valence-corrected chi connectivity index (χ0v) is 11.7. The van der Waals surface area contributed by atoms with Gasteiger partial charge < -0.3 is 14.1 Å². The molecule has 6 nitrogen and oxygen atoms in total. The average molecular weight is 289 g/mol. The van der Waals surface area contributed by atoms with Gasteiger partial charge >= 0.3 is 0 Å². The van der Waals surface area contributed by atoms with E-state index in [1.807, 2.05) is 0 Å². The number of H-pyrrole nitrogens is 1. The first kappa shape index (κ1) is 12.6. The van der Waals surface area contributed by atoms with Gasteiger partial charge in [-0.2, -0.15) is 0 Å². The number of ether oxygens (including phenoxy) is 1. The summed E-state index contributed by atoms with van der Waals surface area (Å²) in [5.74, 6) is 1.11. The minimum atomic E-state index is -0.174. The van der Waals surface area contributed by atoms with Crippen LogP contribution in [0.1, 0.15) is 0 Å². The Balaban J connectivity index is 2.43. The fourth-order valence-corrected chi connectivity index (χ4v) is 2.24. The first-order valence-corrected chi connectivity index (χ1v) is 6.22. The fourth-order valence-electron chi connectivity index (χ4n) is 2.04. The smallest absolute Gasteiger partial charge is 0.261 e. The number of hydrogen-bond acceptors (Lipinski definition) is 5. The number of nitrogens with zero attached hydrogens (tertiary/aromatic N) is 2. The van der Waals surface area contributed by atoms with Crippen molar-refractivity contribution in [3.8, 4) is 17.1 Å². The highest BCUT2D eigenvalue weighted by Gasteiger charge is 2.13. The van der Waals surface area contributed by atoms with Crippen molar-refractivity contribution in [2.45, 2.75) is 0 Å². The molecule has 20 heavy (non-hydrogen) atoms. The van der Waals surface area contributed by atoms with Crippen LogP contribution in [0.4, 0.5) is 0 Å². The maximum atomic E-state index is 12.3. The Morgan fingerprint density at radius 1 is 1.45 bits per heavy atom. The van der Waals surface area contributed by atoms with Crippen molar-refractivity contribution in [3.63, 3.8) is 0 Å². The minimum absolute atomic E-state index is 0.174. The molecule has 7 heteroatoms. The Kier molecular flexibility index (Phi) is 2.90. The van der Waals surface area contributed by atoms with Crippen molar-refractivity contribution >= 4 is 23.1 Å². The summed E-state index contributed by atoms with van der Waals surface area (Å²) >= 11 is 5.10. The van der Waals surface area contributed by atoms with Gasteiger partial charge in [-0.3, -0.25) is 9.36 Å². The van der Waals surface area contributed by atoms with Crippen molar-refractivity contribution in [3.05, 3.63) is 39.8 Å². The molecule has 3 rings (SSSR count). The molecule has 0 atom stereocenters. The molecule has 0 radical (unpaired) electrons. The van der Waals surface area contributed by atoms with Crippen molar-refractivity contribution < 1.29 is 9.15 Å². The van der Waals surface area contributed by atoms with Gasteiger partial charge in [0.15, 0.2) is 16.9 Å². The molecule has 0 amide bonds. The quantitative estimate of drug-likeness (QED) is 0.733. The summed E-state index contributed by atoms with van der Waals surface area (Å²) in [5.41, 5.74) is 1.12. The maximum Gasteiger partial charge on any atom is 0.261 e. The molecule has 0 saturated carbocycles. The summed E-state index contributed by atoms with van der Waals surface area (Å²) in [6.07, 6.45) is 2.90. The zero-order valence-electron chi connectivity index (χ0n) is 10.8. The van der Waals surface area contributed by atoms with Gasteiger partial charge in [0.25, 0.3) is 5.56 Å². The lowest BCUT2D eigenvalue weighted by molar-refractivity contribution is 0.415. The van der Waals surface area contributed by atoms with E-state index in [1.54, 1.807) is 32.5 Å². The first-order chi connectivity index (χ1) is 9.61. The molecular formula is C13H11N3O3S. The predicted molar refractivity (Wildman–Crippen MR) is 76.4 cm³/mol. The minimum Gasteiger partial charge on any atom is -0.496 e. The monoisotopic (exact) mass is 289 g/mol.